The summed E-state index contributed by atoms with van der Waals surface area (Å²) in [7, 11) is 1.51. The zero-order valence-electron chi connectivity index (χ0n) is 17.5. The predicted octanol–water partition coefficient (Wildman–Crippen LogP) is 6.34. The van der Waals surface area contributed by atoms with E-state index in [1.165, 1.54) is 31.4 Å². The van der Waals surface area contributed by atoms with E-state index in [0.29, 0.717) is 16.5 Å². The van der Waals surface area contributed by atoms with Crippen molar-refractivity contribution in [2.24, 2.45) is 0 Å². The fourth-order valence-corrected chi connectivity index (χ4v) is 3.25. The van der Waals surface area contributed by atoms with Gasteiger partial charge in [-0.1, -0.05) is 41.9 Å². The number of ether oxygens (including phenoxy) is 1. The molecule has 4 rings (SSSR count). The number of halogens is 4. The molecule has 33 heavy (non-hydrogen) atoms. The van der Waals surface area contributed by atoms with Crippen molar-refractivity contribution in [3.05, 3.63) is 118 Å². The van der Waals surface area contributed by atoms with E-state index >= 15 is 0 Å². The van der Waals surface area contributed by atoms with Crippen molar-refractivity contribution in [2.45, 2.75) is 6.61 Å². The predicted molar refractivity (Wildman–Crippen MR) is 119 cm³/mol. The first-order valence-electron chi connectivity index (χ1n) is 9.93. The summed E-state index contributed by atoms with van der Waals surface area (Å²) in [6.45, 7) is 0.265. The highest BCUT2D eigenvalue weighted by molar-refractivity contribution is 5.84. The summed E-state index contributed by atoms with van der Waals surface area (Å²) in [5.41, 5.74) is 0.956. The average molecular weight is 444 g/mol. The summed E-state index contributed by atoms with van der Waals surface area (Å²) in [5, 5.41) is 1.46. The SMILES string of the molecule is COCc1ccc(C#Cc2cc(F)c(C#Cc3ccc4cc(F)ccc4c3)c(F)c2)c(F)c1. The molecule has 0 saturated carbocycles. The third-order valence-electron chi connectivity index (χ3n) is 4.86. The highest BCUT2D eigenvalue weighted by Crippen LogP contribution is 2.18. The Morgan fingerprint density at radius 2 is 1.33 bits per heavy atom. The fourth-order valence-electron chi connectivity index (χ4n) is 3.25. The third-order valence-corrected chi connectivity index (χ3v) is 4.86. The molecular formula is C28H16F4O. The zero-order chi connectivity index (χ0) is 23.4. The molecule has 0 radical (unpaired) electrons. The minimum absolute atomic E-state index is 0.0589. The summed E-state index contributed by atoms with van der Waals surface area (Å²) < 4.78 is 61.4. The molecule has 0 N–H and O–H groups in total. The number of hydrogen-bond acceptors (Lipinski definition) is 1. The Morgan fingerprint density at radius 1 is 0.636 bits per heavy atom. The van der Waals surface area contributed by atoms with E-state index in [-0.39, 0.29) is 23.6 Å². The van der Waals surface area contributed by atoms with E-state index in [0.717, 1.165) is 17.5 Å². The minimum atomic E-state index is -0.870. The summed E-state index contributed by atoms with van der Waals surface area (Å²) in [5.74, 6) is 7.78. The van der Waals surface area contributed by atoms with Crippen LogP contribution in [-0.4, -0.2) is 7.11 Å². The topological polar surface area (TPSA) is 9.23 Å². The lowest BCUT2D eigenvalue weighted by Gasteiger charge is -2.01. The van der Waals surface area contributed by atoms with Gasteiger partial charge in [0.1, 0.15) is 23.3 Å². The van der Waals surface area contributed by atoms with Gasteiger partial charge in [0.2, 0.25) is 0 Å². The number of hydrogen-bond donors (Lipinski definition) is 0. The van der Waals surface area contributed by atoms with Crippen LogP contribution in [0, 0.1) is 47.0 Å². The molecule has 5 heteroatoms. The van der Waals surface area contributed by atoms with Crippen molar-refractivity contribution in [3.8, 4) is 23.7 Å². The van der Waals surface area contributed by atoms with Crippen LogP contribution in [0.4, 0.5) is 17.6 Å². The molecule has 0 amide bonds. The second kappa shape index (κ2) is 9.61. The van der Waals surface area contributed by atoms with Gasteiger partial charge in [0.25, 0.3) is 0 Å². The lowest BCUT2D eigenvalue weighted by atomic mass is 10.1. The molecule has 0 spiro atoms. The van der Waals surface area contributed by atoms with Gasteiger partial charge < -0.3 is 4.74 Å². The highest BCUT2D eigenvalue weighted by Gasteiger charge is 2.09. The van der Waals surface area contributed by atoms with Gasteiger partial charge in [-0.3, -0.25) is 0 Å². The lowest BCUT2D eigenvalue weighted by molar-refractivity contribution is 0.184. The first-order chi connectivity index (χ1) is 15.9. The van der Waals surface area contributed by atoms with Crippen molar-refractivity contribution < 1.29 is 22.3 Å². The van der Waals surface area contributed by atoms with E-state index in [1.54, 1.807) is 30.3 Å². The van der Waals surface area contributed by atoms with Crippen LogP contribution in [0.25, 0.3) is 10.8 Å². The molecule has 0 fully saturated rings. The highest BCUT2D eigenvalue weighted by atomic mass is 19.1. The largest absolute Gasteiger partial charge is 0.380 e. The summed E-state index contributed by atoms with van der Waals surface area (Å²) >= 11 is 0. The van der Waals surface area contributed by atoms with Crippen LogP contribution in [-0.2, 0) is 11.3 Å². The van der Waals surface area contributed by atoms with Crippen LogP contribution in [0.2, 0.25) is 0 Å². The number of rotatable bonds is 2. The Morgan fingerprint density at radius 3 is 2.06 bits per heavy atom. The number of fused-ring (bicyclic) bond motifs is 1. The second-order valence-corrected chi connectivity index (χ2v) is 7.27. The Bertz CT molecular complexity index is 1460. The van der Waals surface area contributed by atoms with Crippen molar-refractivity contribution in [3.63, 3.8) is 0 Å². The van der Waals surface area contributed by atoms with Crippen molar-refractivity contribution >= 4 is 10.8 Å². The lowest BCUT2D eigenvalue weighted by Crippen LogP contribution is -1.93. The van der Waals surface area contributed by atoms with Crippen LogP contribution in [0.15, 0.2) is 66.7 Å². The number of benzene rings is 4. The summed E-state index contributed by atoms with van der Waals surface area (Å²) in [4.78, 5) is 0. The maximum absolute atomic E-state index is 14.5. The van der Waals surface area contributed by atoms with Crippen molar-refractivity contribution in [2.75, 3.05) is 7.11 Å². The Balaban J connectivity index is 1.59. The van der Waals surface area contributed by atoms with Crippen LogP contribution in [0.3, 0.4) is 0 Å². The molecule has 0 aliphatic carbocycles. The Kier molecular flexibility index (Phi) is 6.45. The molecule has 0 bridgehead atoms. The van der Waals surface area contributed by atoms with E-state index < -0.39 is 23.0 Å². The smallest absolute Gasteiger partial charge is 0.143 e. The standard InChI is InChI=1S/C28H16F4O/c1-33-17-20-4-7-21(26(30)15-20)6-3-19-13-27(31)25(28(32)14-19)11-5-18-2-8-23-16-24(29)10-9-22(23)12-18/h2,4,7-10,12-16H,17H2,1H3. The van der Waals surface area contributed by atoms with Crippen molar-refractivity contribution in [1.82, 2.24) is 0 Å². The third kappa shape index (κ3) is 5.23. The molecule has 0 saturated heterocycles. The zero-order valence-corrected chi connectivity index (χ0v) is 17.5. The molecular weight excluding hydrogens is 428 g/mol. The van der Waals surface area contributed by atoms with Gasteiger partial charge in [-0.05, 0) is 64.9 Å². The fraction of sp³-hybridized carbons (Fsp3) is 0.0714. The summed E-state index contributed by atoms with van der Waals surface area (Å²) in [6, 6.07) is 16.0. The molecule has 0 aromatic heterocycles. The van der Waals surface area contributed by atoms with E-state index in [9.17, 15) is 17.6 Å². The molecule has 0 unspecified atom stereocenters. The molecule has 0 heterocycles. The van der Waals surface area contributed by atoms with Gasteiger partial charge in [0.15, 0.2) is 0 Å². The normalized spacial score (nSPS) is 10.3. The minimum Gasteiger partial charge on any atom is -0.380 e. The van der Waals surface area contributed by atoms with Crippen LogP contribution in [0.1, 0.15) is 27.8 Å². The molecule has 0 aliphatic heterocycles. The Hall–Kier alpha value is -4.06. The van der Waals surface area contributed by atoms with Gasteiger partial charge in [-0.2, -0.15) is 0 Å². The quantitative estimate of drug-likeness (QED) is 0.259. The van der Waals surface area contributed by atoms with E-state index in [4.69, 9.17) is 4.74 Å². The first kappa shape index (κ1) is 22.1. The molecule has 0 atom stereocenters. The molecule has 4 aromatic carbocycles. The molecule has 0 aliphatic rings. The monoisotopic (exact) mass is 444 g/mol. The average Bonchev–Trinajstić information content (AvgIpc) is 2.78. The molecule has 162 valence electrons. The molecule has 1 nitrogen and oxygen atoms in total. The maximum Gasteiger partial charge on any atom is 0.143 e. The van der Waals surface area contributed by atoms with Gasteiger partial charge in [-0.25, -0.2) is 17.6 Å². The first-order valence-corrected chi connectivity index (χ1v) is 9.93. The van der Waals surface area contributed by atoms with Crippen LogP contribution >= 0.6 is 0 Å². The number of methoxy groups -OCH3 is 1. The van der Waals surface area contributed by atoms with Crippen molar-refractivity contribution in [1.29, 1.82) is 0 Å². The van der Waals surface area contributed by atoms with E-state index in [1.807, 2.05) is 0 Å². The van der Waals surface area contributed by atoms with Gasteiger partial charge in [0.05, 0.1) is 17.7 Å². The van der Waals surface area contributed by atoms with Crippen LogP contribution in [0.5, 0.6) is 0 Å². The van der Waals surface area contributed by atoms with Gasteiger partial charge in [-0.15, -0.1) is 0 Å². The second-order valence-electron chi connectivity index (χ2n) is 7.27. The van der Waals surface area contributed by atoms with E-state index in [2.05, 4.69) is 23.7 Å². The maximum atomic E-state index is 14.5. The molecule has 4 aromatic rings. The van der Waals surface area contributed by atoms with Gasteiger partial charge in [0, 0.05) is 18.2 Å². The van der Waals surface area contributed by atoms with Gasteiger partial charge >= 0.3 is 0 Å². The Labute approximate surface area is 188 Å². The summed E-state index contributed by atoms with van der Waals surface area (Å²) in [6.07, 6.45) is 0. The van der Waals surface area contributed by atoms with Crippen LogP contribution < -0.4 is 0 Å².